The minimum atomic E-state index is -0.511. The number of halogens is 2. The molecule has 0 fully saturated rings. The molecular weight excluding hydrogens is 427 g/mol. The fourth-order valence-corrected chi connectivity index (χ4v) is 3.50. The van der Waals surface area contributed by atoms with E-state index in [2.05, 4.69) is 22.1 Å². The number of hydrogen-bond acceptors (Lipinski definition) is 5. The van der Waals surface area contributed by atoms with Crippen molar-refractivity contribution in [1.29, 1.82) is 0 Å². The highest BCUT2D eigenvalue weighted by molar-refractivity contribution is 7.99. The van der Waals surface area contributed by atoms with Crippen molar-refractivity contribution in [3.63, 3.8) is 0 Å². The number of rotatable bonds is 10. The lowest BCUT2D eigenvalue weighted by molar-refractivity contribution is -0.118. The SMILES string of the molecule is C=CCn1c(COc2ccc(F)c(Cl)c2)nnc1SCC(=O)NCc1ccccc1. The molecule has 1 N–H and O–H groups in total. The Morgan fingerprint density at radius 2 is 2.07 bits per heavy atom. The summed E-state index contributed by atoms with van der Waals surface area (Å²) in [4.78, 5) is 12.2. The number of nitrogens with one attached hydrogen (secondary N) is 1. The molecule has 0 saturated carbocycles. The minimum Gasteiger partial charge on any atom is -0.486 e. The fraction of sp³-hybridized carbons (Fsp3) is 0.190. The molecule has 0 atom stereocenters. The highest BCUT2D eigenvalue weighted by Crippen LogP contribution is 2.23. The second kappa shape index (κ2) is 10.8. The summed E-state index contributed by atoms with van der Waals surface area (Å²) in [5.41, 5.74) is 1.03. The van der Waals surface area contributed by atoms with Gasteiger partial charge >= 0.3 is 0 Å². The summed E-state index contributed by atoms with van der Waals surface area (Å²) in [6.45, 7) is 4.80. The summed E-state index contributed by atoms with van der Waals surface area (Å²) in [6.07, 6.45) is 1.71. The first-order valence-corrected chi connectivity index (χ1v) is 10.5. The van der Waals surface area contributed by atoms with Gasteiger partial charge in [-0.1, -0.05) is 59.8 Å². The Morgan fingerprint density at radius 1 is 1.27 bits per heavy atom. The van der Waals surface area contributed by atoms with Crippen molar-refractivity contribution in [2.24, 2.45) is 0 Å². The van der Waals surface area contributed by atoms with Crippen molar-refractivity contribution in [3.8, 4) is 5.75 Å². The van der Waals surface area contributed by atoms with Gasteiger partial charge in [0.2, 0.25) is 5.91 Å². The minimum absolute atomic E-state index is 0.0159. The number of benzene rings is 2. The van der Waals surface area contributed by atoms with E-state index in [4.69, 9.17) is 16.3 Å². The number of nitrogens with zero attached hydrogens (tertiary/aromatic N) is 3. The van der Waals surface area contributed by atoms with Gasteiger partial charge in [0.15, 0.2) is 11.0 Å². The maximum Gasteiger partial charge on any atom is 0.230 e. The summed E-state index contributed by atoms with van der Waals surface area (Å²) in [6, 6.07) is 13.8. The summed E-state index contributed by atoms with van der Waals surface area (Å²) < 4.78 is 20.7. The van der Waals surface area contributed by atoms with Crippen molar-refractivity contribution in [3.05, 3.63) is 83.4 Å². The third-order valence-corrected chi connectivity index (χ3v) is 5.29. The highest BCUT2D eigenvalue weighted by atomic mass is 35.5. The van der Waals surface area contributed by atoms with Gasteiger partial charge in [0.05, 0.1) is 10.8 Å². The number of carbonyl (C=O) groups excluding carboxylic acids is 1. The van der Waals surface area contributed by atoms with Gasteiger partial charge in [-0.05, 0) is 17.7 Å². The van der Waals surface area contributed by atoms with Crippen LogP contribution in [0.15, 0.2) is 66.3 Å². The van der Waals surface area contributed by atoms with Gasteiger partial charge in [-0.25, -0.2) is 4.39 Å². The summed E-state index contributed by atoms with van der Waals surface area (Å²) >= 11 is 7.05. The Kier molecular flexibility index (Phi) is 7.87. The van der Waals surface area contributed by atoms with Crippen LogP contribution >= 0.6 is 23.4 Å². The predicted molar refractivity (Wildman–Crippen MR) is 115 cm³/mol. The van der Waals surface area contributed by atoms with Crippen LogP contribution in [0.5, 0.6) is 5.75 Å². The molecule has 0 bridgehead atoms. The lowest BCUT2D eigenvalue weighted by Gasteiger charge is -2.10. The first kappa shape index (κ1) is 21.9. The third-order valence-electron chi connectivity index (χ3n) is 4.03. The molecule has 3 rings (SSSR count). The standard InChI is InChI=1S/C21H20ClFN4O2S/c1-2-10-27-19(13-29-16-8-9-18(23)17(22)11-16)25-26-21(27)30-14-20(28)24-12-15-6-4-3-5-7-15/h2-9,11H,1,10,12-14H2,(H,24,28). The van der Waals surface area contributed by atoms with E-state index < -0.39 is 5.82 Å². The largest absolute Gasteiger partial charge is 0.486 e. The highest BCUT2D eigenvalue weighted by Gasteiger charge is 2.14. The zero-order valence-corrected chi connectivity index (χ0v) is 17.6. The predicted octanol–water partition coefficient (Wildman–Crippen LogP) is 4.24. The second-order valence-corrected chi connectivity index (χ2v) is 7.56. The van der Waals surface area contributed by atoms with Gasteiger partial charge in [-0.3, -0.25) is 9.36 Å². The molecule has 1 amide bonds. The molecule has 2 aromatic carbocycles. The van der Waals surface area contributed by atoms with Crippen LogP contribution in [-0.2, 0) is 24.5 Å². The molecular formula is C21H20ClFN4O2S. The molecule has 6 nitrogen and oxygen atoms in total. The zero-order chi connectivity index (χ0) is 21.3. The average Bonchev–Trinajstić information content (AvgIpc) is 3.14. The van der Waals surface area contributed by atoms with E-state index in [1.165, 1.54) is 30.0 Å². The second-order valence-electron chi connectivity index (χ2n) is 6.21. The Hall–Kier alpha value is -2.84. The van der Waals surface area contributed by atoms with Crippen LogP contribution in [0, 0.1) is 5.82 Å². The lowest BCUT2D eigenvalue weighted by Crippen LogP contribution is -2.24. The van der Waals surface area contributed by atoms with Crippen LogP contribution in [0.4, 0.5) is 4.39 Å². The van der Waals surface area contributed by atoms with Crippen molar-refractivity contribution in [1.82, 2.24) is 20.1 Å². The molecule has 156 valence electrons. The summed E-state index contributed by atoms with van der Waals surface area (Å²) in [5, 5.41) is 11.7. The normalized spacial score (nSPS) is 10.6. The maximum absolute atomic E-state index is 13.3. The molecule has 30 heavy (non-hydrogen) atoms. The van der Waals surface area contributed by atoms with E-state index in [1.807, 2.05) is 34.9 Å². The topological polar surface area (TPSA) is 69.0 Å². The van der Waals surface area contributed by atoms with Crippen LogP contribution in [0.1, 0.15) is 11.4 Å². The van der Waals surface area contributed by atoms with Crippen LogP contribution in [0.2, 0.25) is 5.02 Å². The molecule has 0 unspecified atom stereocenters. The number of allylic oxidation sites excluding steroid dienone is 1. The van der Waals surface area contributed by atoms with Crippen LogP contribution in [-0.4, -0.2) is 26.4 Å². The average molecular weight is 447 g/mol. The molecule has 0 saturated heterocycles. The van der Waals surface area contributed by atoms with E-state index in [-0.39, 0.29) is 23.3 Å². The van der Waals surface area contributed by atoms with Crippen molar-refractivity contribution < 1.29 is 13.9 Å². The van der Waals surface area contributed by atoms with E-state index in [1.54, 1.807) is 6.08 Å². The van der Waals surface area contributed by atoms with Crippen LogP contribution in [0.25, 0.3) is 0 Å². The van der Waals surface area contributed by atoms with Gasteiger partial charge < -0.3 is 10.1 Å². The number of amides is 1. The van der Waals surface area contributed by atoms with Gasteiger partial charge in [-0.15, -0.1) is 16.8 Å². The molecule has 0 spiro atoms. The Bertz CT molecular complexity index is 1010. The van der Waals surface area contributed by atoms with Gasteiger partial charge in [0, 0.05) is 19.2 Å². The maximum atomic E-state index is 13.3. The van der Waals surface area contributed by atoms with Crippen LogP contribution in [0.3, 0.4) is 0 Å². The molecule has 1 heterocycles. The fourth-order valence-electron chi connectivity index (χ4n) is 2.54. The Morgan fingerprint density at radius 3 is 2.80 bits per heavy atom. The molecule has 0 aliphatic carbocycles. The first-order valence-electron chi connectivity index (χ1n) is 9.11. The quantitative estimate of drug-likeness (QED) is 0.372. The number of ether oxygens (including phenoxy) is 1. The molecule has 3 aromatic rings. The lowest BCUT2D eigenvalue weighted by atomic mass is 10.2. The van der Waals surface area contributed by atoms with Crippen molar-refractivity contribution in [2.45, 2.75) is 24.9 Å². The van der Waals surface area contributed by atoms with E-state index in [0.29, 0.717) is 29.8 Å². The van der Waals surface area contributed by atoms with Gasteiger partial charge in [-0.2, -0.15) is 0 Å². The third kappa shape index (κ3) is 6.08. The Balaban J connectivity index is 1.57. The van der Waals surface area contributed by atoms with E-state index in [9.17, 15) is 9.18 Å². The molecule has 1 aromatic heterocycles. The smallest absolute Gasteiger partial charge is 0.230 e. The number of carbonyl (C=O) groups is 1. The number of aromatic nitrogens is 3. The van der Waals surface area contributed by atoms with Crippen molar-refractivity contribution >= 4 is 29.3 Å². The van der Waals surface area contributed by atoms with Gasteiger partial charge in [0.25, 0.3) is 0 Å². The molecule has 9 heteroatoms. The van der Waals surface area contributed by atoms with Crippen molar-refractivity contribution in [2.75, 3.05) is 5.75 Å². The summed E-state index contributed by atoms with van der Waals surface area (Å²) in [7, 11) is 0. The number of hydrogen-bond donors (Lipinski definition) is 1. The van der Waals surface area contributed by atoms with E-state index in [0.717, 1.165) is 5.56 Å². The summed E-state index contributed by atoms with van der Waals surface area (Å²) in [5.74, 6) is 0.571. The first-order chi connectivity index (χ1) is 14.6. The van der Waals surface area contributed by atoms with Crippen LogP contribution < -0.4 is 10.1 Å². The zero-order valence-electron chi connectivity index (χ0n) is 16.1. The molecule has 0 aliphatic rings. The molecule has 0 radical (unpaired) electrons. The van der Waals surface area contributed by atoms with Gasteiger partial charge in [0.1, 0.15) is 18.2 Å². The van der Waals surface area contributed by atoms with E-state index >= 15 is 0 Å². The monoisotopic (exact) mass is 446 g/mol. The molecule has 0 aliphatic heterocycles. The number of thioether (sulfide) groups is 1. The Labute approximate surface area is 183 Å².